The Hall–Kier alpha value is -3.28. The molecule has 1 aromatic heterocycles. The fourth-order valence-electron chi connectivity index (χ4n) is 3.87. The molecule has 1 N–H and O–H groups in total. The zero-order chi connectivity index (χ0) is 20.5. The first-order chi connectivity index (χ1) is 14.0. The van der Waals surface area contributed by atoms with E-state index in [4.69, 9.17) is 9.15 Å². The van der Waals surface area contributed by atoms with Crippen molar-refractivity contribution in [1.29, 1.82) is 0 Å². The highest BCUT2D eigenvalue weighted by Crippen LogP contribution is 2.36. The molecule has 0 unspecified atom stereocenters. The lowest BCUT2D eigenvalue weighted by atomic mass is 10.0. The summed E-state index contributed by atoms with van der Waals surface area (Å²) in [7, 11) is 0. The standard InChI is InChI=1S/C23H23NO5/c1-14-19(25)11-10-17-20(26)15(2)22(29-21(14)17)18-9-6-12-24(18)23(27)28-13-16-7-4-3-5-8-16/h3-5,7-8,10-11,18,25H,6,9,12-13H2,1-2H3/t18-/m1/s1. The van der Waals surface area contributed by atoms with Crippen molar-refractivity contribution in [3.8, 4) is 5.75 Å². The average Bonchev–Trinajstić information content (AvgIpc) is 3.22. The van der Waals surface area contributed by atoms with Gasteiger partial charge < -0.3 is 14.3 Å². The number of rotatable bonds is 3. The lowest BCUT2D eigenvalue weighted by Crippen LogP contribution is -2.32. The maximum atomic E-state index is 12.9. The molecule has 6 nitrogen and oxygen atoms in total. The van der Waals surface area contributed by atoms with E-state index in [1.807, 2.05) is 30.3 Å². The number of aromatic hydroxyl groups is 1. The van der Waals surface area contributed by atoms with Crippen LogP contribution in [0.1, 0.15) is 41.3 Å². The van der Waals surface area contributed by atoms with Crippen LogP contribution < -0.4 is 5.43 Å². The van der Waals surface area contributed by atoms with Gasteiger partial charge in [0.05, 0.1) is 11.4 Å². The van der Waals surface area contributed by atoms with Gasteiger partial charge in [0.1, 0.15) is 23.7 Å². The van der Waals surface area contributed by atoms with Gasteiger partial charge in [-0.15, -0.1) is 0 Å². The molecule has 29 heavy (non-hydrogen) atoms. The smallest absolute Gasteiger partial charge is 0.410 e. The van der Waals surface area contributed by atoms with E-state index in [9.17, 15) is 14.7 Å². The number of carbonyl (C=O) groups excluding carboxylic acids is 1. The molecule has 0 aliphatic carbocycles. The Balaban J connectivity index is 1.65. The molecule has 6 heteroatoms. The fraction of sp³-hybridized carbons (Fsp3) is 0.304. The van der Waals surface area contributed by atoms with Gasteiger partial charge in [0.25, 0.3) is 0 Å². The van der Waals surface area contributed by atoms with Crippen LogP contribution in [0.2, 0.25) is 0 Å². The first kappa shape index (κ1) is 19.1. The maximum Gasteiger partial charge on any atom is 0.410 e. The normalized spacial score (nSPS) is 16.3. The van der Waals surface area contributed by atoms with E-state index < -0.39 is 6.09 Å². The first-order valence-electron chi connectivity index (χ1n) is 9.70. The topological polar surface area (TPSA) is 80.0 Å². The number of fused-ring (bicyclic) bond motifs is 1. The van der Waals surface area contributed by atoms with E-state index in [1.54, 1.807) is 24.8 Å². The van der Waals surface area contributed by atoms with Crippen LogP contribution in [0.4, 0.5) is 4.79 Å². The predicted molar refractivity (Wildman–Crippen MR) is 109 cm³/mol. The molecule has 1 fully saturated rings. The SMILES string of the molecule is Cc1c([C@H]2CCCN2C(=O)OCc2ccccc2)oc2c(C)c(O)ccc2c1=O. The Labute approximate surface area is 168 Å². The van der Waals surface area contributed by atoms with E-state index in [-0.39, 0.29) is 23.8 Å². The van der Waals surface area contributed by atoms with Gasteiger partial charge in [-0.25, -0.2) is 4.79 Å². The van der Waals surface area contributed by atoms with Crippen molar-refractivity contribution in [3.05, 3.63) is 75.1 Å². The van der Waals surface area contributed by atoms with Crippen LogP contribution in [0.25, 0.3) is 11.0 Å². The quantitative estimate of drug-likeness (QED) is 0.704. The molecule has 1 saturated heterocycles. The second-order valence-electron chi connectivity index (χ2n) is 7.40. The second-order valence-corrected chi connectivity index (χ2v) is 7.40. The minimum atomic E-state index is -0.425. The van der Waals surface area contributed by atoms with Crippen molar-refractivity contribution < 1.29 is 19.1 Å². The van der Waals surface area contributed by atoms with Gasteiger partial charge in [-0.3, -0.25) is 9.69 Å². The summed E-state index contributed by atoms with van der Waals surface area (Å²) in [6.45, 7) is 4.16. The highest BCUT2D eigenvalue weighted by atomic mass is 16.6. The van der Waals surface area contributed by atoms with E-state index in [0.29, 0.717) is 40.8 Å². The van der Waals surface area contributed by atoms with Crippen LogP contribution in [-0.2, 0) is 11.3 Å². The molecule has 2 heterocycles. The lowest BCUT2D eigenvalue weighted by Gasteiger charge is -2.24. The summed E-state index contributed by atoms with van der Waals surface area (Å²) in [5, 5.41) is 10.4. The highest BCUT2D eigenvalue weighted by Gasteiger charge is 2.35. The minimum Gasteiger partial charge on any atom is -0.508 e. The molecule has 4 rings (SSSR count). The second kappa shape index (κ2) is 7.62. The summed E-state index contributed by atoms with van der Waals surface area (Å²) in [6, 6.07) is 12.2. The van der Waals surface area contributed by atoms with Gasteiger partial charge in [-0.05, 0) is 44.4 Å². The Morgan fingerprint density at radius 1 is 1.17 bits per heavy atom. The number of carbonyl (C=O) groups is 1. The predicted octanol–water partition coefficient (Wildman–Crippen LogP) is 4.59. The average molecular weight is 393 g/mol. The molecule has 2 aromatic carbocycles. The highest BCUT2D eigenvalue weighted by molar-refractivity contribution is 5.82. The number of aryl methyl sites for hydroxylation is 1. The van der Waals surface area contributed by atoms with Gasteiger partial charge in [0, 0.05) is 17.7 Å². The maximum absolute atomic E-state index is 12.9. The summed E-state index contributed by atoms with van der Waals surface area (Å²) in [5.74, 6) is 0.534. The molecule has 0 spiro atoms. The molecule has 0 bridgehead atoms. The molecule has 1 aliphatic heterocycles. The number of phenolic OH excluding ortho intramolecular Hbond substituents is 1. The number of nitrogens with zero attached hydrogens (tertiary/aromatic N) is 1. The van der Waals surface area contributed by atoms with E-state index in [2.05, 4.69) is 0 Å². The van der Waals surface area contributed by atoms with Crippen LogP contribution in [0, 0.1) is 13.8 Å². The van der Waals surface area contributed by atoms with Crippen LogP contribution in [0.5, 0.6) is 5.75 Å². The Bertz CT molecular complexity index is 1120. The summed E-state index contributed by atoms with van der Waals surface area (Å²) in [5.41, 5.74) is 2.12. The molecular weight excluding hydrogens is 370 g/mol. The largest absolute Gasteiger partial charge is 0.508 e. The number of likely N-dealkylation sites (tertiary alicyclic amines) is 1. The van der Waals surface area contributed by atoms with Gasteiger partial charge >= 0.3 is 6.09 Å². The number of amides is 1. The third kappa shape index (κ3) is 3.46. The number of phenols is 1. The fourth-order valence-corrected chi connectivity index (χ4v) is 3.87. The molecule has 1 amide bonds. The third-order valence-corrected chi connectivity index (χ3v) is 5.54. The van der Waals surface area contributed by atoms with Gasteiger partial charge in [0.2, 0.25) is 0 Å². The number of benzene rings is 2. The van der Waals surface area contributed by atoms with Gasteiger partial charge in [-0.1, -0.05) is 30.3 Å². The van der Waals surface area contributed by atoms with Crippen molar-refractivity contribution in [2.75, 3.05) is 6.54 Å². The third-order valence-electron chi connectivity index (χ3n) is 5.54. The van der Waals surface area contributed by atoms with E-state index in [0.717, 1.165) is 12.0 Å². The van der Waals surface area contributed by atoms with Crippen molar-refractivity contribution >= 4 is 17.1 Å². The molecule has 1 aliphatic rings. The lowest BCUT2D eigenvalue weighted by molar-refractivity contribution is 0.0886. The van der Waals surface area contributed by atoms with Crippen LogP contribution >= 0.6 is 0 Å². The summed E-state index contributed by atoms with van der Waals surface area (Å²) in [4.78, 5) is 27.2. The van der Waals surface area contributed by atoms with E-state index in [1.165, 1.54) is 6.07 Å². The number of ether oxygens (including phenoxy) is 1. The van der Waals surface area contributed by atoms with Crippen molar-refractivity contribution in [3.63, 3.8) is 0 Å². The van der Waals surface area contributed by atoms with Crippen LogP contribution in [-0.4, -0.2) is 22.6 Å². The van der Waals surface area contributed by atoms with Gasteiger partial charge in [0.15, 0.2) is 5.43 Å². The van der Waals surface area contributed by atoms with Crippen molar-refractivity contribution in [2.45, 2.75) is 39.3 Å². The first-order valence-corrected chi connectivity index (χ1v) is 9.70. The molecular formula is C23H23NO5. The Kier molecular flexibility index (Phi) is 5.01. The van der Waals surface area contributed by atoms with Crippen LogP contribution in [0.3, 0.4) is 0 Å². The van der Waals surface area contributed by atoms with Crippen LogP contribution in [0.15, 0.2) is 51.7 Å². The zero-order valence-corrected chi connectivity index (χ0v) is 16.5. The van der Waals surface area contributed by atoms with E-state index >= 15 is 0 Å². The summed E-state index contributed by atoms with van der Waals surface area (Å²) >= 11 is 0. The summed E-state index contributed by atoms with van der Waals surface area (Å²) < 4.78 is 11.6. The minimum absolute atomic E-state index is 0.0704. The molecule has 1 atom stereocenters. The van der Waals surface area contributed by atoms with Gasteiger partial charge in [-0.2, -0.15) is 0 Å². The molecule has 150 valence electrons. The van der Waals surface area contributed by atoms with Crippen molar-refractivity contribution in [2.24, 2.45) is 0 Å². The Morgan fingerprint density at radius 3 is 2.69 bits per heavy atom. The Morgan fingerprint density at radius 2 is 1.93 bits per heavy atom. The molecule has 3 aromatic rings. The molecule has 0 radical (unpaired) electrons. The molecule has 0 saturated carbocycles. The monoisotopic (exact) mass is 393 g/mol. The number of hydrogen-bond donors (Lipinski definition) is 1. The summed E-state index contributed by atoms with van der Waals surface area (Å²) in [6.07, 6.45) is 1.06. The zero-order valence-electron chi connectivity index (χ0n) is 16.5. The number of hydrogen-bond acceptors (Lipinski definition) is 5. The van der Waals surface area contributed by atoms with Crippen molar-refractivity contribution in [1.82, 2.24) is 4.90 Å².